The van der Waals surface area contributed by atoms with E-state index in [0.29, 0.717) is 11.4 Å². The van der Waals surface area contributed by atoms with Crippen molar-refractivity contribution in [2.75, 3.05) is 18.1 Å². The van der Waals surface area contributed by atoms with E-state index in [2.05, 4.69) is 5.10 Å². The van der Waals surface area contributed by atoms with Crippen molar-refractivity contribution in [2.24, 2.45) is 0 Å². The summed E-state index contributed by atoms with van der Waals surface area (Å²) in [5, 5.41) is 4.40. The van der Waals surface area contributed by atoms with Gasteiger partial charge in [-0.05, 0) is 38.3 Å². The molecule has 0 amide bonds. The Morgan fingerprint density at radius 3 is 2.85 bits per heavy atom. The molecule has 5 nitrogen and oxygen atoms in total. The van der Waals surface area contributed by atoms with Crippen LogP contribution in [0.1, 0.15) is 31.1 Å². The van der Waals surface area contributed by atoms with Crippen LogP contribution in [0, 0.1) is 6.92 Å². The maximum Gasteiger partial charge on any atom is 0.150 e. The van der Waals surface area contributed by atoms with Crippen LogP contribution in [-0.4, -0.2) is 16.4 Å². The van der Waals surface area contributed by atoms with E-state index in [1.165, 1.54) is 0 Å². The number of aromatic nitrogens is 2. The molecule has 2 heterocycles. The van der Waals surface area contributed by atoms with Crippen molar-refractivity contribution in [1.29, 1.82) is 0 Å². The number of hydrogen-bond acceptors (Lipinski definition) is 4. The molecule has 5 heteroatoms. The van der Waals surface area contributed by atoms with E-state index >= 15 is 0 Å². The van der Waals surface area contributed by atoms with Gasteiger partial charge in [0, 0.05) is 17.9 Å². The monoisotopic (exact) mass is 272 g/mol. The van der Waals surface area contributed by atoms with Crippen molar-refractivity contribution in [3.63, 3.8) is 0 Å². The SMILES string of the molecule is Cc1ccc(N)c(-c2c(N)cnn2C2CCCCO2)c1. The summed E-state index contributed by atoms with van der Waals surface area (Å²) in [6, 6.07) is 5.94. The third-order valence-electron chi connectivity index (χ3n) is 3.72. The number of benzene rings is 1. The van der Waals surface area contributed by atoms with E-state index in [0.717, 1.165) is 42.7 Å². The molecule has 1 aliphatic heterocycles. The summed E-state index contributed by atoms with van der Waals surface area (Å²) >= 11 is 0. The first-order valence-electron chi connectivity index (χ1n) is 6.98. The maximum atomic E-state index is 6.11. The molecular weight excluding hydrogens is 252 g/mol. The van der Waals surface area contributed by atoms with Crippen LogP contribution >= 0.6 is 0 Å². The van der Waals surface area contributed by atoms with Gasteiger partial charge < -0.3 is 16.2 Å². The van der Waals surface area contributed by atoms with Gasteiger partial charge in [-0.25, -0.2) is 4.68 Å². The van der Waals surface area contributed by atoms with E-state index in [-0.39, 0.29) is 6.23 Å². The van der Waals surface area contributed by atoms with E-state index < -0.39 is 0 Å². The van der Waals surface area contributed by atoms with Crippen molar-refractivity contribution in [3.8, 4) is 11.3 Å². The maximum absolute atomic E-state index is 6.11. The van der Waals surface area contributed by atoms with E-state index in [1.54, 1.807) is 6.20 Å². The summed E-state index contributed by atoms with van der Waals surface area (Å²) in [5.41, 5.74) is 16.5. The van der Waals surface area contributed by atoms with Crippen molar-refractivity contribution < 1.29 is 4.74 Å². The largest absolute Gasteiger partial charge is 0.398 e. The lowest BCUT2D eigenvalue weighted by molar-refractivity contribution is -0.0383. The first-order valence-corrected chi connectivity index (χ1v) is 6.98. The van der Waals surface area contributed by atoms with Gasteiger partial charge in [0.1, 0.15) is 0 Å². The van der Waals surface area contributed by atoms with Gasteiger partial charge in [-0.3, -0.25) is 0 Å². The van der Waals surface area contributed by atoms with Gasteiger partial charge in [-0.15, -0.1) is 0 Å². The van der Waals surface area contributed by atoms with Crippen molar-refractivity contribution in [2.45, 2.75) is 32.4 Å². The fourth-order valence-corrected chi connectivity index (χ4v) is 2.66. The highest BCUT2D eigenvalue weighted by molar-refractivity contribution is 5.82. The van der Waals surface area contributed by atoms with Crippen LogP contribution in [0.4, 0.5) is 11.4 Å². The minimum absolute atomic E-state index is 0.0454. The predicted octanol–water partition coefficient (Wildman–Crippen LogP) is 2.72. The van der Waals surface area contributed by atoms with Gasteiger partial charge in [-0.1, -0.05) is 11.6 Å². The summed E-state index contributed by atoms with van der Waals surface area (Å²) < 4.78 is 7.69. The van der Waals surface area contributed by atoms with Gasteiger partial charge >= 0.3 is 0 Å². The first kappa shape index (κ1) is 13.0. The van der Waals surface area contributed by atoms with E-state index in [4.69, 9.17) is 16.2 Å². The number of nitrogens with two attached hydrogens (primary N) is 2. The second-order valence-electron chi connectivity index (χ2n) is 5.31. The fraction of sp³-hybridized carbons (Fsp3) is 0.400. The molecule has 0 saturated carbocycles. The Kier molecular flexibility index (Phi) is 3.36. The van der Waals surface area contributed by atoms with Crippen LogP contribution < -0.4 is 11.5 Å². The zero-order chi connectivity index (χ0) is 14.1. The summed E-state index contributed by atoms with van der Waals surface area (Å²) in [5.74, 6) is 0. The van der Waals surface area contributed by atoms with Crippen molar-refractivity contribution in [3.05, 3.63) is 30.0 Å². The summed E-state index contributed by atoms with van der Waals surface area (Å²) in [7, 11) is 0. The Morgan fingerprint density at radius 2 is 2.10 bits per heavy atom. The molecule has 1 fully saturated rings. The number of anilines is 2. The molecule has 0 aliphatic carbocycles. The molecule has 0 radical (unpaired) electrons. The smallest absolute Gasteiger partial charge is 0.150 e. The van der Waals surface area contributed by atoms with E-state index in [1.807, 2.05) is 29.8 Å². The lowest BCUT2D eigenvalue weighted by Crippen LogP contribution is -2.20. The highest BCUT2D eigenvalue weighted by atomic mass is 16.5. The number of hydrogen-bond donors (Lipinski definition) is 2. The minimum atomic E-state index is -0.0454. The number of nitrogen functional groups attached to an aromatic ring is 2. The second-order valence-corrected chi connectivity index (χ2v) is 5.31. The Labute approximate surface area is 118 Å². The molecule has 0 spiro atoms. The Hall–Kier alpha value is -2.01. The van der Waals surface area contributed by atoms with Crippen LogP contribution in [0.25, 0.3) is 11.3 Å². The van der Waals surface area contributed by atoms with Crippen molar-refractivity contribution >= 4 is 11.4 Å². The van der Waals surface area contributed by atoms with Crippen LogP contribution in [0.2, 0.25) is 0 Å². The number of aryl methyl sites for hydroxylation is 1. The molecule has 20 heavy (non-hydrogen) atoms. The van der Waals surface area contributed by atoms with Gasteiger partial charge in [-0.2, -0.15) is 5.10 Å². The zero-order valence-electron chi connectivity index (χ0n) is 11.7. The Balaban J connectivity index is 2.08. The van der Waals surface area contributed by atoms with Crippen molar-refractivity contribution in [1.82, 2.24) is 9.78 Å². The quantitative estimate of drug-likeness (QED) is 0.824. The predicted molar refractivity (Wildman–Crippen MR) is 80.1 cm³/mol. The van der Waals surface area contributed by atoms with Crippen LogP contribution in [0.3, 0.4) is 0 Å². The first-order chi connectivity index (χ1) is 9.66. The lowest BCUT2D eigenvalue weighted by atomic mass is 10.1. The highest BCUT2D eigenvalue weighted by Gasteiger charge is 2.22. The van der Waals surface area contributed by atoms with Gasteiger partial charge in [0.2, 0.25) is 0 Å². The minimum Gasteiger partial charge on any atom is -0.398 e. The molecule has 1 unspecified atom stereocenters. The fourth-order valence-electron chi connectivity index (χ4n) is 2.66. The number of ether oxygens (including phenoxy) is 1. The highest BCUT2D eigenvalue weighted by Crippen LogP contribution is 2.35. The Bertz CT molecular complexity index is 614. The molecule has 1 atom stereocenters. The average Bonchev–Trinajstić information content (AvgIpc) is 2.84. The third kappa shape index (κ3) is 2.25. The normalized spacial score (nSPS) is 19.1. The van der Waals surface area contributed by atoms with Crippen LogP contribution in [-0.2, 0) is 4.74 Å². The summed E-state index contributed by atoms with van der Waals surface area (Å²) in [6.07, 6.45) is 4.84. The lowest BCUT2D eigenvalue weighted by Gasteiger charge is -2.25. The zero-order valence-corrected chi connectivity index (χ0v) is 11.7. The molecular formula is C15H20N4O. The molecule has 3 rings (SSSR count). The molecule has 4 N–H and O–H groups in total. The standard InChI is InChI=1S/C15H20N4O/c1-10-5-6-12(16)11(8-10)15-13(17)9-18-19(15)14-4-2-3-7-20-14/h5-6,8-9,14H,2-4,7,16-17H2,1H3. The van der Waals surface area contributed by atoms with Gasteiger partial charge in [0.05, 0.1) is 17.6 Å². The molecule has 1 aromatic carbocycles. The van der Waals surface area contributed by atoms with Crippen LogP contribution in [0.5, 0.6) is 0 Å². The van der Waals surface area contributed by atoms with Gasteiger partial charge in [0.15, 0.2) is 6.23 Å². The van der Waals surface area contributed by atoms with Crippen LogP contribution in [0.15, 0.2) is 24.4 Å². The third-order valence-corrected chi connectivity index (χ3v) is 3.72. The number of rotatable bonds is 2. The Morgan fingerprint density at radius 1 is 1.25 bits per heavy atom. The average molecular weight is 272 g/mol. The molecule has 2 aromatic rings. The molecule has 1 saturated heterocycles. The molecule has 0 bridgehead atoms. The van der Waals surface area contributed by atoms with E-state index in [9.17, 15) is 0 Å². The molecule has 1 aromatic heterocycles. The van der Waals surface area contributed by atoms with Gasteiger partial charge in [0.25, 0.3) is 0 Å². The second kappa shape index (κ2) is 5.17. The summed E-state index contributed by atoms with van der Waals surface area (Å²) in [6.45, 7) is 2.81. The summed E-state index contributed by atoms with van der Waals surface area (Å²) in [4.78, 5) is 0. The molecule has 1 aliphatic rings. The topological polar surface area (TPSA) is 79.1 Å². The number of nitrogens with zero attached hydrogens (tertiary/aromatic N) is 2. The molecule has 106 valence electrons.